The van der Waals surface area contributed by atoms with Crippen LogP contribution >= 0.6 is 17.0 Å². The van der Waals surface area contributed by atoms with E-state index in [1.54, 1.807) is 0 Å². The summed E-state index contributed by atoms with van der Waals surface area (Å²) in [5.41, 5.74) is 13.4. The standard InChI is InChI=1S/C20H15.C19H18N.C2H6Si.2ClH.Zr/c1-14-12-16-8-5-11-19(20(16)13-14)18-10-4-7-15-6-2-3-9-17(15)18;1-14-12-16-7-4-10-19(17(16)13-14)20-11-5-8-15-6-2-3-9-18(15)20;1-3-2;;;/h2-13H,1H3;2-4,6-7,9-10,12-13H,5,8,11H2,1H3;1-2H3;2*1H;/q;;;;;+2/p-2. The van der Waals surface area contributed by atoms with Crippen LogP contribution in [0.25, 0.3) is 34.1 Å². The van der Waals surface area contributed by atoms with Gasteiger partial charge in [-0.2, -0.15) is 0 Å². The van der Waals surface area contributed by atoms with Gasteiger partial charge in [-0.3, -0.25) is 0 Å². The Bertz CT molecular complexity index is 2210. The molecule has 0 saturated carbocycles. The summed E-state index contributed by atoms with van der Waals surface area (Å²) < 4.78 is 0.140. The number of hydrogen-bond donors (Lipinski definition) is 0. The molecule has 2 unspecified atom stereocenters. The van der Waals surface area contributed by atoms with Crippen LogP contribution in [0.4, 0.5) is 11.4 Å². The third-order valence-electron chi connectivity index (χ3n) is 11.0. The molecule has 0 aromatic heterocycles. The summed E-state index contributed by atoms with van der Waals surface area (Å²) in [6, 6.07) is 37.9. The molecule has 3 aliphatic rings. The number of hydrogen-bond acceptors (Lipinski definition) is 1. The maximum atomic E-state index is 8.53. The van der Waals surface area contributed by atoms with Gasteiger partial charge in [-0.1, -0.05) is 0 Å². The van der Waals surface area contributed by atoms with Crippen LogP contribution in [0.2, 0.25) is 13.1 Å². The van der Waals surface area contributed by atoms with Crippen LogP contribution in [0, 0.1) is 0 Å². The Kier molecular flexibility index (Phi) is 7.46. The van der Waals surface area contributed by atoms with Crippen LogP contribution in [0.3, 0.4) is 0 Å². The number of benzene rings is 5. The minimum atomic E-state index is -4.80. The molecule has 0 saturated heterocycles. The second-order valence-corrected chi connectivity index (χ2v) is 52.6. The molecule has 0 radical (unpaired) electrons. The van der Waals surface area contributed by atoms with Crippen LogP contribution in [-0.4, -0.2) is 12.0 Å². The number of para-hydroxylation sites is 1. The summed E-state index contributed by atoms with van der Waals surface area (Å²) >= 11 is -4.80. The number of allylic oxidation sites excluding steroid dienone is 2. The fourth-order valence-electron chi connectivity index (χ4n) is 8.95. The van der Waals surface area contributed by atoms with Gasteiger partial charge in [0.2, 0.25) is 0 Å². The van der Waals surface area contributed by atoms with Gasteiger partial charge in [-0.05, 0) is 0 Å². The first-order chi connectivity index (χ1) is 22.2. The second-order valence-electron chi connectivity index (χ2n) is 13.8. The zero-order chi connectivity index (χ0) is 31.8. The van der Waals surface area contributed by atoms with Crippen molar-refractivity contribution < 1.29 is 15.0 Å². The first-order valence-corrected chi connectivity index (χ1v) is 31.9. The SMILES string of the molecule is CC1=Cc2c(-c3cccc4ccccc34)cccc2[CH]1[Zr]([Cl])([Cl])([CH]1C(C)=Cc2c1cccc2N1CCCc2ccccc21)=[Si](C)C. The summed E-state index contributed by atoms with van der Waals surface area (Å²) in [4.78, 5) is 2.53. The van der Waals surface area contributed by atoms with E-state index in [1.165, 1.54) is 72.2 Å². The summed E-state index contributed by atoms with van der Waals surface area (Å²) in [5, 5.41) is 2.54. The average Bonchev–Trinajstić information content (AvgIpc) is 3.60. The molecule has 1 aliphatic heterocycles. The summed E-state index contributed by atoms with van der Waals surface area (Å²) in [6.45, 7) is 10.4. The van der Waals surface area contributed by atoms with Crippen molar-refractivity contribution in [1.82, 2.24) is 0 Å². The van der Waals surface area contributed by atoms with E-state index in [0.717, 1.165) is 19.4 Å². The number of anilines is 2. The first kappa shape index (κ1) is 30.6. The number of aryl methyl sites for hydroxylation is 1. The zero-order valence-corrected chi connectivity index (χ0v) is 31.9. The number of fused-ring (bicyclic) bond motifs is 4. The van der Waals surface area contributed by atoms with E-state index in [4.69, 9.17) is 17.0 Å². The Hall–Kier alpha value is -2.68. The molecule has 0 spiro atoms. The summed E-state index contributed by atoms with van der Waals surface area (Å²) in [5.74, 6) is 0. The zero-order valence-electron chi connectivity index (χ0n) is 26.9. The van der Waals surface area contributed by atoms with E-state index >= 15 is 0 Å². The van der Waals surface area contributed by atoms with Crippen molar-refractivity contribution in [3.8, 4) is 11.1 Å². The van der Waals surface area contributed by atoms with Crippen molar-refractivity contribution in [2.45, 2.75) is 47.0 Å². The molecule has 5 aromatic rings. The van der Waals surface area contributed by atoms with Gasteiger partial charge in [-0.15, -0.1) is 0 Å². The molecule has 5 aromatic carbocycles. The van der Waals surface area contributed by atoms with Crippen LogP contribution in [0.1, 0.15) is 55.3 Å². The van der Waals surface area contributed by atoms with Gasteiger partial charge in [0, 0.05) is 0 Å². The maximum absolute atomic E-state index is 8.53. The molecule has 0 bridgehead atoms. The first-order valence-electron chi connectivity index (χ1n) is 16.5. The van der Waals surface area contributed by atoms with E-state index in [0.29, 0.717) is 0 Å². The van der Waals surface area contributed by atoms with Crippen molar-refractivity contribution in [3.05, 3.63) is 142 Å². The van der Waals surface area contributed by atoms with Crippen molar-refractivity contribution in [2.75, 3.05) is 11.4 Å². The Balaban J connectivity index is 1.30. The van der Waals surface area contributed by atoms with Crippen molar-refractivity contribution in [3.63, 3.8) is 0 Å². The van der Waals surface area contributed by atoms with E-state index in [2.05, 4.69) is 147 Å². The van der Waals surface area contributed by atoms with E-state index in [1.807, 2.05) is 0 Å². The van der Waals surface area contributed by atoms with Crippen LogP contribution in [0.15, 0.2) is 114 Å². The monoisotopic (exact) mass is 733 g/mol. The molecular weight excluding hydrogens is 697 g/mol. The summed E-state index contributed by atoms with van der Waals surface area (Å²) in [7, 11) is 17.1. The van der Waals surface area contributed by atoms with Gasteiger partial charge in [0.15, 0.2) is 0 Å². The Morgan fingerprint density at radius 1 is 0.652 bits per heavy atom. The summed E-state index contributed by atoms with van der Waals surface area (Å²) in [6.07, 6.45) is 7.13. The van der Waals surface area contributed by atoms with Gasteiger partial charge < -0.3 is 0 Å². The molecule has 1 nitrogen and oxygen atoms in total. The topological polar surface area (TPSA) is 3.24 Å². The van der Waals surface area contributed by atoms with Crippen molar-refractivity contribution in [2.24, 2.45) is 0 Å². The van der Waals surface area contributed by atoms with E-state index < -0.39 is 20.4 Å². The Morgan fingerprint density at radius 2 is 1.24 bits per heavy atom. The Morgan fingerprint density at radius 3 is 2.02 bits per heavy atom. The molecule has 2 atom stereocenters. The normalized spacial score (nSPS) is 19.0. The molecule has 230 valence electrons. The van der Waals surface area contributed by atoms with E-state index in [-0.39, 0.29) is 7.25 Å². The molecule has 0 amide bonds. The van der Waals surface area contributed by atoms with Crippen LogP contribution in [0.5, 0.6) is 0 Å². The quantitative estimate of drug-likeness (QED) is 0.166. The molecule has 2 aliphatic carbocycles. The Labute approximate surface area is 281 Å². The van der Waals surface area contributed by atoms with Gasteiger partial charge in [0.1, 0.15) is 0 Å². The average molecular weight is 736 g/mol. The number of nitrogens with zero attached hydrogens (tertiary/aromatic N) is 1. The third kappa shape index (κ3) is 4.42. The van der Waals surface area contributed by atoms with Gasteiger partial charge in [-0.25, -0.2) is 0 Å². The molecule has 46 heavy (non-hydrogen) atoms. The van der Waals surface area contributed by atoms with Gasteiger partial charge in [0.25, 0.3) is 0 Å². The predicted octanol–water partition coefficient (Wildman–Crippen LogP) is 12.5. The molecule has 5 heteroatoms. The fourth-order valence-corrected chi connectivity index (χ4v) is 39.4. The molecule has 1 heterocycles. The number of rotatable bonds is 4. The molecular formula is C41H39Cl2NSiZr. The third-order valence-corrected chi connectivity index (χ3v) is 58.0. The van der Waals surface area contributed by atoms with E-state index in [9.17, 15) is 0 Å². The van der Waals surface area contributed by atoms with Gasteiger partial charge in [0.05, 0.1) is 0 Å². The molecule has 0 fully saturated rings. The number of halogens is 2. The molecule has 0 N–H and O–H groups in total. The van der Waals surface area contributed by atoms with Crippen LogP contribution in [-0.2, 0) is 21.4 Å². The predicted molar refractivity (Wildman–Crippen MR) is 200 cm³/mol. The minimum absolute atomic E-state index is 0.0669. The van der Waals surface area contributed by atoms with Crippen LogP contribution < -0.4 is 4.90 Å². The van der Waals surface area contributed by atoms with Crippen molar-refractivity contribution in [1.29, 1.82) is 0 Å². The van der Waals surface area contributed by atoms with Crippen molar-refractivity contribution >= 4 is 56.8 Å². The second kappa shape index (κ2) is 11.2. The van der Waals surface area contributed by atoms with Gasteiger partial charge >= 0.3 is 283 Å². The fraction of sp³-hybridized carbons (Fsp3) is 0.220. The molecule has 8 rings (SSSR count).